The van der Waals surface area contributed by atoms with Crippen molar-refractivity contribution >= 4 is 37.7 Å². The van der Waals surface area contributed by atoms with Crippen LogP contribution in [0.15, 0.2) is 174 Å². The van der Waals surface area contributed by atoms with Gasteiger partial charge in [0.2, 0.25) is 0 Å². The normalized spacial score (nSPS) is 13.2. The first-order valence-electron chi connectivity index (χ1n) is 15.4. The molecule has 0 radical (unpaired) electrons. The largest absolute Gasteiger partial charge is 0.309 e. The molecule has 0 aliphatic heterocycles. The van der Waals surface area contributed by atoms with E-state index in [-0.39, 0.29) is 0 Å². The second kappa shape index (κ2) is 10.2. The van der Waals surface area contributed by atoms with Crippen LogP contribution in [0.5, 0.6) is 0 Å². The molecule has 212 valence electrons. The average Bonchev–Trinajstić information content (AvgIpc) is 3.60. The van der Waals surface area contributed by atoms with Gasteiger partial charge in [0, 0.05) is 20.8 Å². The summed E-state index contributed by atoms with van der Waals surface area (Å²) >= 11 is 3.81. The Morgan fingerprint density at radius 1 is 0.444 bits per heavy atom. The molecule has 0 saturated carbocycles. The second-order valence-electron chi connectivity index (χ2n) is 11.8. The van der Waals surface area contributed by atoms with Gasteiger partial charge in [-0.25, -0.2) is 0 Å². The van der Waals surface area contributed by atoms with E-state index in [1.54, 1.807) is 0 Å². The van der Waals surface area contributed by atoms with Crippen LogP contribution in [0, 0.1) is 0 Å². The highest BCUT2D eigenvalue weighted by Gasteiger charge is 2.47. The van der Waals surface area contributed by atoms with Crippen molar-refractivity contribution in [3.63, 3.8) is 0 Å². The minimum absolute atomic E-state index is 0.497. The topological polar surface area (TPSA) is 4.93 Å². The second-order valence-corrected chi connectivity index (χ2v) is 12.6. The summed E-state index contributed by atoms with van der Waals surface area (Å²) in [7, 11) is 0. The summed E-state index contributed by atoms with van der Waals surface area (Å²) < 4.78 is 3.60. The van der Waals surface area contributed by atoms with Crippen molar-refractivity contribution in [3.05, 3.63) is 197 Å². The van der Waals surface area contributed by atoms with E-state index in [2.05, 4.69) is 190 Å². The Morgan fingerprint density at radius 3 is 1.80 bits per heavy atom. The van der Waals surface area contributed by atoms with E-state index in [1.807, 2.05) is 0 Å². The molecule has 2 heteroatoms. The molecule has 9 rings (SSSR count). The summed E-state index contributed by atoms with van der Waals surface area (Å²) in [4.78, 5) is 0. The maximum Gasteiger partial charge on any atom is 0.0734 e. The molecule has 8 aromatic rings. The minimum atomic E-state index is -0.497. The number of nitrogens with zero attached hydrogens (tertiary/aromatic N) is 1. The molecule has 45 heavy (non-hydrogen) atoms. The highest BCUT2D eigenvalue weighted by Crippen LogP contribution is 2.58. The lowest BCUT2D eigenvalue weighted by Crippen LogP contribution is -2.29. The molecule has 0 spiro atoms. The van der Waals surface area contributed by atoms with Gasteiger partial charge in [0.15, 0.2) is 0 Å². The summed E-state index contributed by atoms with van der Waals surface area (Å²) in [5.41, 5.74) is 13.2. The molecule has 1 heterocycles. The summed E-state index contributed by atoms with van der Waals surface area (Å²) in [6.45, 7) is 0. The molecule has 7 aromatic carbocycles. The Labute approximate surface area is 271 Å². The van der Waals surface area contributed by atoms with E-state index in [0.717, 1.165) is 4.47 Å². The number of aromatic nitrogens is 1. The van der Waals surface area contributed by atoms with Crippen molar-refractivity contribution in [1.29, 1.82) is 0 Å². The fourth-order valence-electron chi connectivity index (χ4n) is 7.76. The van der Waals surface area contributed by atoms with Gasteiger partial charge in [0.1, 0.15) is 0 Å². The molecule has 0 fully saturated rings. The molecule has 0 saturated heterocycles. The van der Waals surface area contributed by atoms with Gasteiger partial charge in [-0.1, -0.05) is 162 Å². The monoisotopic (exact) mass is 637 g/mol. The van der Waals surface area contributed by atoms with Crippen molar-refractivity contribution in [3.8, 4) is 27.9 Å². The standard InChI is InChI=1S/C43H28BrN/c44-38-23-11-8-18-32(38)29-26-27-35-34-20-9-12-24-39(34)45(41(35)28-29)40-25-13-21-36-33-19-7-10-22-37(33)43(42(36)40,30-14-3-1-4-15-30)31-16-5-2-6-17-31/h1-28H. The van der Waals surface area contributed by atoms with Crippen LogP contribution in [-0.4, -0.2) is 4.57 Å². The first-order chi connectivity index (χ1) is 22.3. The molecule has 1 aliphatic carbocycles. The summed E-state index contributed by atoms with van der Waals surface area (Å²) in [6, 6.07) is 62.2. The predicted molar refractivity (Wildman–Crippen MR) is 191 cm³/mol. The molecule has 0 N–H and O–H groups in total. The van der Waals surface area contributed by atoms with E-state index >= 15 is 0 Å². The lowest BCUT2D eigenvalue weighted by atomic mass is 9.67. The van der Waals surface area contributed by atoms with Gasteiger partial charge in [-0.3, -0.25) is 0 Å². The molecule has 1 aromatic heterocycles. The van der Waals surface area contributed by atoms with Crippen LogP contribution >= 0.6 is 15.9 Å². The Hall–Kier alpha value is -5.18. The Balaban J connectivity index is 1.45. The number of para-hydroxylation sites is 1. The number of halogens is 1. The van der Waals surface area contributed by atoms with Gasteiger partial charge in [-0.2, -0.15) is 0 Å². The Bertz CT molecular complexity index is 2340. The molecule has 1 aliphatic rings. The van der Waals surface area contributed by atoms with Gasteiger partial charge in [0.25, 0.3) is 0 Å². The summed E-state index contributed by atoms with van der Waals surface area (Å²) in [6.07, 6.45) is 0. The van der Waals surface area contributed by atoms with Crippen molar-refractivity contribution in [1.82, 2.24) is 4.57 Å². The summed E-state index contributed by atoms with van der Waals surface area (Å²) in [5, 5.41) is 2.50. The summed E-state index contributed by atoms with van der Waals surface area (Å²) in [5.74, 6) is 0. The van der Waals surface area contributed by atoms with Gasteiger partial charge >= 0.3 is 0 Å². The van der Waals surface area contributed by atoms with E-state index in [4.69, 9.17) is 0 Å². The smallest absolute Gasteiger partial charge is 0.0734 e. The van der Waals surface area contributed by atoms with E-state index in [0.29, 0.717) is 0 Å². The highest BCUT2D eigenvalue weighted by molar-refractivity contribution is 9.10. The van der Waals surface area contributed by atoms with E-state index in [1.165, 1.54) is 72.0 Å². The van der Waals surface area contributed by atoms with E-state index < -0.39 is 5.41 Å². The maximum absolute atomic E-state index is 3.81. The molecule has 0 unspecified atom stereocenters. The number of hydrogen-bond acceptors (Lipinski definition) is 0. The number of rotatable bonds is 4. The van der Waals surface area contributed by atoms with Gasteiger partial charge in [0.05, 0.1) is 22.1 Å². The van der Waals surface area contributed by atoms with Crippen LogP contribution in [-0.2, 0) is 5.41 Å². The molecular weight excluding hydrogens is 610 g/mol. The molecular formula is C43H28BrN. The fourth-order valence-corrected chi connectivity index (χ4v) is 8.27. The Morgan fingerprint density at radius 2 is 1.04 bits per heavy atom. The SMILES string of the molecule is Brc1ccccc1-c1ccc2c3ccccc3n(-c3cccc4c3C(c3ccccc3)(c3ccccc3)c3ccccc3-4)c2c1. The van der Waals surface area contributed by atoms with Crippen LogP contribution in [0.1, 0.15) is 22.3 Å². The number of hydrogen-bond donors (Lipinski definition) is 0. The molecule has 1 nitrogen and oxygen atoms in total. The van der Waals surface area contributed by atoms with Crippen LogP contribution in [0.3, 0.4) is 0 Å². The molecule has 0 amide bonds. The number of fused-ring (bicyclic) bond motifs is 6. The third kappa shape index (κ3) is 3.73. The van der Waals surface area contributed by atoms with Crippen LogP contribution in [0.4, 0.5) is 0 Å². The highest BCUT2D eigenvalue weighted by atomic mass is 79.9. The van der Waals surface area contributed by atoms with Gasteiger partial charge < -0.3 is 4.57 Å². The quantitative estimate of drug-likeness (QED) is 0.181. The average molecular weight is 639 g/mol. The van der Waals surface area contributed by atoms with Crippen molar-refractivity contribution in [2.45, 2.75) is 5.41 Å². The first kappa shape index (κ1) is 26.2. The van der Waals surface area contributed by atoms with Crippen LogP contribution in [0.2, 0.25) is 0 Å². The predicted octanol–water partition coefficient (Wildman–Crippen LogP) is 11.6. The van der Waals surface area contributed by atoms with E-state index in [9.17, 15) is 0 Å². The third-order valence-electron chi connectivity index (χ3n) is 9.55. The zero-order valence-corrected chi connectivity index (χ0v) is 26.1. The lowest BCUT2D eigenvalue weighted by Gasteiger charge is -2.35. The van der Waals surface area contributed by atoms with Gasteiger partial charge in [-0.15, -0.1) is 0 Å². The van der Waals surface area contributed by atoms with Crippen molar-refractivity contribution in [2.75, 3.05) is 0 Å². The van der Waals surface area contributed by atoms with Crippen molar-refractivity contribution in [2.24, 2.45) is 0 Å². The van der Waals surface area contributed by atoms with Gasteiger partial charge in [-0.05, 0) is 63.2 Å². The zero-order chi connectivity index (χ0) is 30.0. The lowest BCUT2D eigenvalue weighted by molar-refractivity contribution is 0.762. The van der Waals surface area contributed by atoms with Crippen molar-refractivity contribution < 1.29 is 0 Å². The van der Waals surface area contributed by atoms with Crippen LogP contribution in [0.25, 0.3) is 49.7 Å². The zero-order valence-electron chi connectivity index (χ0n) is 24.5. The third-order valence-corrected chi connectivity index (χ3v) is 10.2. The first-order valence-corrected chi connectivity index (χ1v) is 16.2. The Kier molecular flexibility index (Phi) is 5.94. The minimum Gasteiger partial charge on any atom is -0.309 e. The number of benzene rings is 7. The fraction of sp³-hybridized carbons (Fsp3) is 0.0233. The maximum atomic E-state index is 3.81. The molecule has 0 atom stereocenters. The molecule has 0 bridgehead atoms. The van der Waals surface area contributed by atoms with Crippen LogP contribution < -0.4 is 0 Å².